The lowest BCUT2D eigenvalue weighted by molar-refractivity contribution is -0.144. The SMILES string of the molecule is CSC(C)(C)COC(=O)CN(C)C. The predicted molar refractivity (Wildman–Crippen MR) is 57.1 cm³/mol. The second kappa shape index (κ2) is 5.50. The topological polar surface area (TPSA) is 29.5 Å². The third-order valence-electron chi connectivity index (χ3n) is 1.58. The van der Waals surface area contributed by atoms with Gasteiger partial charge < -0.3 is 4.74 Å². The van der Waals surface area contributed by atoms with Crippen LogP contribution in [0.1, 0.15) is 13.8 Å². The van der Waals surface area contributed by atoms with Crippen LogP contribution in [-0.2, 0) is 9.53 Å². The third-order valence-corrected chi connectivity index (χ3v) is 2.80. The Bertz CT molecular complexity index is 169. The molecule has 0 fully saturated rings. The smallest absolute Gasteiger partial charge is 0.320 e. The Labute approximate surface area is 84.8 Å². The van der Waals surface area contributed by atoms with Crippen LogP contribution in [0.2, 0.25) is 0 Å². The molecule has 0 unspecified atom stereocenters. The quantitative estimate of drug-likeness (QED) is 0.631. The number of rotatable bonds is 5. The fraction of sp³-hybridized carbons (Fsp3) is 0.889. The van der Waals surface area contributed by atoms with Gasteiger partial charge in [-0.3, -0.25) is 9.69 Å². The molecular weight excluding hydrogens is 186 g/mol. The Morgan fingerprint density at radius 1 is 1.46 bits per heavy atom. The van der Waals surface area contributed by atoms with Crippen LogP contribution >= 0.6 is 11.8 Å². The highest BCUT2D eigenvalue weighted by Crippen LogP contribution is 2.20. The molecule has 4 heteroatoms. The van der Waals surface area contributed by atoms with Gasteiger partial charge in [-0.25, -0.2) is 0 Å². The van der Waals surface area contributed by atoms with E-state index in [1.165, 1.54) is 0 Å². The number of carbonyl (C=O) groups is 1. The van der Waals surface area contributed by atoms with Gasteiger partial charge in [0.2, 0.25) is 0 Å². The minimum atomic E-state index is -0.160. The number of ether oxygens (including phenoxy) is 1. The molecule has 0 aromatic rings. The maximum absolute atomic E-state index is 11.1. The number of hydrogen-bond acceptors (Lipinski definition) is 4. The molecule has 0 aliphatic carbocycles. The molecule has 0 amide bonds. The lowest BCUT2D eigenvalue weighted by atomic mass is 10.2. The number of likely N-dealkylation sites (N-methyl/N-ethyl adjacent to an activating group) is 1. The Morgan fingerprint density at radius 2 is 2.00 bits per heavy atom. The van der Waals surface area contributed by atoms with Crippen LogP contribution in [0, 0.1) is 0 Å². The number of thioether (sulfide) groups is 1. The van der Waals surface area contributed by atoms with Crippen LogP contribution in [0.4, 0.5) is 0 Å². The van der Waals surface area contributed by atoms with Gasteiger partial charge >= 0.3 is 5.97 Å². The molecule has 0 aliphatic rings. The Morgan fingerprint density at radius 3 is 2.38 bits per heavy atom. The van der Waals surface area contributed by atoms with E-state index in [0.717, 1.165) is 0 Å². The van der Waals surface area contributed by atoms with Gasteiger partial charge in [-0.1, -0.05) is 0 Å². The van der Waals surface area contributed by atoms with E-state index in [2.05, 4.69) is 13.8 Å². The van der Waals surface area contributed by atoms with E-state index in [4.69, 9.17) is 4.74 Å². The molecule has 0 aromatic heterocycles. The molecule has 0 spiro atoms. The molecule has 0 aromatic carbocycles. The zero-order valence-corrected chi connectivity index (χ0v) is 9.90. The third kappa shape index (κ3) is 6.90. The van der Waals surface area contributed by atoms with Crippen LogP contribution < -0.4 is 0 Å². The summed E-state index contributed by atoms with van der Waals surface area (Å²) in [6, 6.07) is 0. The molecule has 0 radical (unpaired) electrons. The minimum absolute atomic E-state index is 0.0158. The van der Waals surface area contributed by atoms with Crippen molar-refractivity contribution in [2.75, 3.05) is 33.5 Å². The summed E-state index contributed by atoms with van der Waals surface area (Å²) in [7, 11) is 3.70. The summed E-state index contributed by atoms with van der Waals surface area (Å²) in [6.07, 6.45) is 2.01. The van der Waals surface area contributed by atoms with Crippen LogP contribution in [0.15, 0.2) is 0 Å². The zero-order valence-electron chi connectivity index (χ0n) is 9.09. The first kappa shape index (κ1) is 12.8. The maximum atomic E-state index is 11.1. The van der Waals surface area contributed by atoms with E-state index in [-0.39, 0.29) is 10.7 Å². The summed E-state index contributed by atoms with van der Waals surface area (Å²) in [5.74, 6) is -0.160. The van der Waals surface area contributed by atoms with Crippen molar-refractivity contribution in [1.82, 2.24) is 4.90 Å². The number of esters is 1. The first-order valence-corrected chi connectivity index (χ1v) is 5.45. The first-order valence-electron chi connectivity index (χ1n) is 4.23. The molecular formula is C9H19NO2S. The van der Waals surface area contributed by atoms with Crippen LogP contribution in [0.25, 0.3) is 0 Å². The summed E-state index contributed by atoms with van der Waals surface area (Å²) < 4.78 is 5.12. The van der Waals surface area contributed by atoms with E-state index in [0.29, 0.717) is 13.2 Å². The monoisotopic (exact) mass is 205 g/mol. The predicted octanol–water partition coefficient (Wildman–Crippen LogP) is 1.23. The first-order chi connectivity index (χ1) is 5.87. The molecule has 0 heterocycles. The molecule has 0 saturated heterocycles. The number of nitrogens with zero attached hydrogens (tertiary/aromatic N) is 1. The normalized spacial score (nSPS) is 11.8. The lowest BCUT2D eigenvalue weighted by Crippen LogP contribution is -2.29. The van der Waals surface area contributed by atoms with Crippen LogP contribution in [0.3, 0.4) is 0 Å². The molecule has 0 bridgehead atoms. The van der Waals surface area contributed by atoms with E-state index >= 15 is 0 Å². The minimum Gasteiger partial charge on any atom is -0.463 e. The Balaban J connectivity index is 3.70. The summed E-state index contributed by atoms with van der Waals surface area (Å²) >= 11 is 1.70. The van der Waals surface area contributed by atoms with Gasteiger partial charge in [0, 0.05) is 4.75 Å². The highest BCUT2D eigenvalue weighted by Gasteiger charge is 2.18. The molecule has 0 rings (SSSR count). The highest BCUT2D eigenvalue weighted by atomic mass is 32.2. The van der Waals surface area contributed by atoms with Gasteiger partial charge in [0.25, 0.3) is 0 Å². The molecule has 0 atom stereocenters. The molecule has 3 nitrogen and oxygen atoms in total. The largest absolute Gasteiger partial charge is 0.463 e. The van der Waals surface area contributed by atoms with Gasteiger partial charge in [-0.15, -0.1) is 0 Å². The summed E-state index contributed by atoms with van der Waals surface area (Å²) in [4.78, 5) is 12.9. The number of carbonyl (C=O) groups excluding carboxylic acids is 1. The van der Waals surface area contributed by atoms with Crippen molar-refractivity contribution in [3.8, 4) is 0 Å². The average molecular weight is 205 g/mol. The van der Waals surface area contributed by atoms with Crippen molar-refractivity contribution in [2.24, 2.45) is 0 Å². The second-order valence-electron chi connectivity index (χ2n) is 3.86. The molecule has 0 saturated carbocycles. The van der Waals surface area contributed by atoms with Crippen LogP contribution in [-0.4, -0.2) is 49.1 Å². The average Bonchev–Trinajstić information content (AvgIpc) is 2.00. The van der Waals surface area contributed by atoms with Gasteiger partial charge in [0.05, 0.1) is 6.54 Å². The van der Waals surface area contributed by atoms with Gasteiger partial charge in [0.15, 0.2) is 0 Å². The standard InChI is InChI=1S/C9H19NO2S/c1-9(2,13-5)7-12-8(11)6-10(3)4/h6-7H2,1-5H3. The Kier molecular flexibility index (Phi) is 5.40. The second-order valence-corrected chi connectivity index (χ2v) is 5.38. The van der Waals surface area contributed by atoms with E-state index < -0.39 is 0 Å². The highest BCUT2D eigenvalue weighted by molar-refractivity contribution is 7.99. The summed E-state index contributed by atoms with van der Waals surface area (Å²) in [5, 5.41) is 0. The summed E-state index contributed by atoms with van der Waals surface area (Å²) in [6.45, 7) is 4.94. The van der Waals surface area contributed by atoms with Gasteiger partial charge in [-0.05, 0) is 34.2 Å². The zero-order chi connectivity index (χ0) is 10.5. The van der Waals surface area contributed by atoms with Gasteiger partial charge in [-0.2, -0.15) is 11.8 Å². The fourth-order valence-electron chi connectivity index (χ4n) is 0.617. The van der Waals surface area contributed by atoms with Crippen molar-refractivity contribution in [2.45, 2.75) is 18.6 Å². The molecule has 78 valence electrons. The van der Waals surface area contributed by atoms with E-state index in [1.54, 1.807) is 16.7 Å². The van der Waals surface area contributed by atoms with E-state index in [1.807, 2.05) is 20.4 Å². The summed E-state index contributed by atoms with van der Waals surface area (Å²) in [5.41, 5.74) is 0. The van der Waals surface area contributed by atoms with E-state index in [9.17, 15) is 4.79 Å². The van der Waals surface area contributed by atoms with Crippen molar-refractivity contribution in [3.63, 3.8) is 0 Å². The van der Waals surface area contributed by atoms with Crippen molar-refractivity contribution in [1.29, 1.82) is 0 Å². The van der Waals surface area contributed by atoms with Crippen molar-refractivity contribution >= 4 is 17.7 Å². The van der Waals surface area contributed by atoms with Crippen molar-refractivity contribution in [3.05, 3.63) is 0 Å². The molecule has 0 N–H and O–H groups in total. The molecule has 13 heavy (non-hydrogen) atoms. The number of hydrogen-bond donors (Lipinski definition) is 0. The van der Waals surface area contributed by atoms with Crippen LogP contribution in [0.5, 0.6) is 0 Å². The fourth-order valence-corrected chi connectivity index (χ4v) is 0.794. The molecule has 0 aliphatic heterocycles. The lowest BCUT2D eigenvalue weighted by Gasteiger charge is -2.21. The maximum Gasteiger partial charge on any atom is 0.320 e. The van der Waals surface area contributed by atoms with Crippen molar-refractivity contribution < 1.29 is 9.53 Å². The Hall–Kier alpha value is -0.220. The van der Waals surface area contributed by atoms with Gasteiger partial charge in [0.1, 0.15) is 6.61 Å².